The minimum Gasteiger partial charge on any atom is -0.508 e. The molecular weight excluding hydrogens is 244 g/mol. The highest BCUT2D eigenvalue weighted by Crippen LogP contribution is 2.37. The SMILES string of the molecule is COc1ccc(-c2cccc(O)c2CO)c(OC)c1. The zero-order chi connectivity index (χ0) is 13.8. The van der Waals surface area contributed by atoms with Crippen molar-refractivity contribution < 1.29 is 19.7 Å². The van der Waals surface area contributed by atoms with Gasteiger partial charge in [-0.1, -0.05) is 12.1 Å². The van der Waals surface area contributed by atoms with E-state index in [0.29, 0.717) is 17.1 Å². The van der Waals surface area contributed by atoms with Gasteiger partial charge in [-0.15, -0.1) is 0 Å². The van der Waals surface area contributed by atoms with Crippen LogP contribution in [0.4, 0.5) is 0 Å². The summed E-state index contributed by atoms with van der Waals surface area (Å²) in [6.07, 6.45) is 0. The van der Waals surface area contributed by atoms with Crippen molar-refractivity contribution in [2.45, 2.75) is 6.61 Å². The molecular formula is C15H16O4. The van der Waals surface area contributed by atoms with E-state index < -0.39 is 0 Å². The smallest absolute Gasteiger partial charge is 0.130 e. The molecule has 0 spiro atoms. The average molecular weight is 260 g/mol. The van der Waals surface area contributed by atoms with Crippen LogP contribution in [0, 0.1) is 0 Å². The van der Waals surface area contributed by atoms with Crippen LogP contribution in [0.5, 0.6) is 17.2 Å². The Morgan fingerprint density at radius 2 is 1.79 bits per heavy atom. The van der Waals surface area contributed by atoms with E-state index in [1.807, 2.05) is 18.2 Å². The molecule has 0 saturated carbocycles. The first-order valence-corrected chi connectivity index (χ1v) is 5.85. The summed E-state index contributed by atoms with van der Waals surface area (Å²) >= 11 is 0. The van der Waals surface area contributed by atoms with Gasteiger partial charge in [-0.2, -0.15) is 0 Å². The maximum Gasteiger partial charge on any atom is 0.130 e. The fourth-order valence-corrected chi connectivity index (χ4v) is 2.01. The lowest BCUT2D eigenvalue weighted by molar-refractivity contribution is 0.276. The zero-order valence-electron chi connectivity index (χ0n) is 10.9. The number of hydrogen-bond donors (Lipinski definition) is 2. The Bertz CT molecular complexity index is 578. The zero-order valence-corrected chi connectivity index (χ0v) is 10.9. The second-order valence-corrected chi connectivity index (χ2v) is 4.03. The summed E-state index contributed by atoms with van der Waals surface area (Å²) in [5.74, 6) is 1.38. The van der Waals surface area contributed by atoms with E-state index in [0.717, 1.165) is 11.1 Å². The van der Waals surface area contributed by atoms with Crippen LogP contribution in [-0.2, 0) is 6.61 Å². The van der Waals surface area contributed by atoms with Crippen molar-refractivity contribution >= 4 is 0 Å². The Morgan fingerprint density at radius 3 is 2.42 bits per heavy atom. The fraction of sp³-hybridized carbons (Fsp3) is 0.200. The molecule has 0 heterocycles. The van der Waals surface area contributed by atoms with E-state index in [9.17, 15) is 10.2 Å². The lowest BCUT2D eigenvalue weighted by atomic mass is 9.98. The molecule has 2 N–H and O–H groups in total. The molecule has 0 bridgehead atoms. The van der Waals surface area contributed by atoms with Crippen LogP contribution in [0.15, 0.2) is 36.4 Å². The Labute approximate surface area is 111 Å². The average Bonchev–Trinajstić information content (AvgIpc) is 2.46. The van der Waals surface area contributed by atoms with Gasteiger partial charge in [0.15, 0.2) is 0 Å². The normalized spacial score (nSPS) is 10.3. The number of aromatic hydroxyl groups is 1. The molecule has 0 aliphatic rings. The molecule has 0 radical (unpaired) electrons. The van der Waals surface area contributed by atoms with Gasteiger partial charge in [0.2, 0.25) is 0 Å². The summed E-state index contributed by atoms with van der Waals surface area (Å²) in [6, 6.07) is 10.5. The topological polar surface area (TPSA) is 58.9 Å². The number of methoxy groups -OCH3 is 2. The van der Waals surface area contributed by atoms with Crippen LogP contribution in [0.3, 0.4) is 0 Å². The van der Waals surface area contributed by atoms with Gasteiger partial charge in [0.05, 0.1) is 20.8 Å². The number of aliphatic hydroxyl groups is 1. The van der Waals surface area contributed by atoms with Crippen molar-refractivity contribution in [1.29, 1.82) is 0 Å². The van der Waals surface area contributed by atoms with E-state index in [-0.39, 0.29) is 12.4 Å². The molecule has 2 aromatic rings. The van der Waals surface area contributed by atoms with E-state index in [1.165, 1.54) is 0 Å². The molecule has 0 aliphatic carbocycles. The molecule has 100 valence electrons. The van der Waals surface area contributed by atoms with Gasteiger partial charge in [-0.05, 0) is 23.8 Å². The number of benzene rings is 2. The lowest BCUT2D eigenvalue weighted by Crippen LogP contribution is -1.94. The number of ether oxygens (including phenoxy) is 2. The third-order valence-electron chi connectivity index (χ3n) is 3.01. The summed E-state index contributed by atoms with van der Waals surface area (Å²) in [4.78, 5) is 0. The lowest BCUT2D eigenvalue weighted by Gasteiger charge is -2.14. The fourth-order valence-electron chi connectivity index (χ4n) is 2.01. The Kier molecular flexibility index (Phi) is 3.92. The van der Waals surface area contributed by atoms with Crippen LogP contribution < -0.4 is 9.47 Å². The minimum absolute atomic E-state index is 0.0675. The summed E-state index contributed by atoms with van der Waals surface area (Å²) in [5, 5.41) is 19.2. The molecule has 2 aromatic carbocycles. The summed E-state index contributed by atoms with van der Waals surface area (Å²) in [5.41, 5.74) is 2.01. The first kappa shape index (κ1) is 13.2. The molecule has 0 saturated heterocycles. The highest BCUT2D eigenvalue weighted by Gasteiger charge is 2.13. The number of rotatable bonds is 4. The third-order valence-corrected chi connectivity index (χ3v) is 3.01. The van der Waals surface area contributed by atoms with E-state index in [2.05, 4.69) is 0 Å². The molecule has 2 rings (SSSR count). The monoisotopic (exact) mass is 260 g/mol. The minimum atomic E-state index is -0.239. The molecule has 0 amide bonds. The van der Waals surface area contributed by atoms with Crippen molar-refractivity contribution in [1.82, 2.24) is 0 Å². The molecule has 0 atom stereocenters. The van der Waals surface area contributed by atoms with Crippen LogP contribution in [-0.4, -0.2) is 24.4 Å². The molecule has 0 aliphatic heterocycles. The summed E-state index contributed by atoms with van der Waals surface area (Å²) in [7, 11) is 3.15. The molecule has 0 unspecified atom stereocenters. The maximum absolute atomic E-state index is 9.79. The first-order chi connectivity index (χ1) is 9.21. The number of aliphatic hydroxyl groups excluding tert-OH is 1. The van der Waals surface area contributed by atoms with E-state index >= 15 is 0 Å². The van der Waals surface area contributed by atoms with Crippen molar-refractivity contribution in [2.24, 2.45) is 0 Å². The van der Waals surface area contributed by atoms with Gasteiger partial charge in [0.1, 0.15) is 17.2 Å². The van der Waals surface area contributed by atoms with Crippen LogP contribution in [0.2, 0.25) is 0 Å². The predicted molar refractivity (Wildman–Crippen MR) is 72.6 cm³/mol. The van der Waals surface area contributed by atoms with Gasteiger partial charge < -0.3 is 19.7 Å². The Hall–Kier alpha value is -2.20. The molecule has 0 fully saturated rings. The molecule has 4 nitrogen and oxygen atoms in total. The van der Waals surface area contributed by atoms with Crippen molar-refractivity contribution in [2.75, 3.05) is 14.2 Å². The van der Waals surface area contributed by atoms with Gasteiger partial charge in [0.25, 0.3) is 0 Å². The molecule has 4 heteroatoms. The highest BCUT2D eigenvalue weighted by atomic mass is 16.5. The van der Waals surface area contributed by atoms with Crippen molar-refractivity contribution in [3.05, 3.63) is 42.0 Å². The maximum atomic E-state index is 9.79. The molecule has 0 aromatic heterocycles. The second-order valence-electron chi connectivity index (χ2n) is 4.03. The third kappa shape index (κ3) is 2.48. The Morgan fingerprint density at radius 1 is 1.00 bits per heavy atom. The quantitative estimate of drug-likeness (QED) is 0.887. The van der Waals surface area contributed by atoms with E-state index in [4.69, 9.17) is 9.47 Å². The number of hydrogen-bond acceptors (Lipinski definition) is 4. The van der Waals surface area contributed by atoms with E-state index in [1.54, 1.807) is 32.4 Å². The second kappa shape index (κ2) is 5.63. The van der Waals surface area contributed by atoms with Gasteiger partial charge in [0, 0.05) is 17.2 Å². The van der Waals surface area contributed by atoms with Gasteiger partial charge in [-0.25, -0.2) is 0 Å². The first-order valence-electron chi connectivity index (χ1n) is 5.85. The molecule has 19 heavy (non-hydrogen) atoms. The highest BCUT2D eigenvalue weighted by molar-refractivity contribution is 5.76. The van der Waals surface area contributed by atoms with Gasteiger partial charge in [-0.3, -0.25) is 0 Å². The summed E-state index contributed by atoms with van der Waals surface area (Å²) in [6.45, 7) is -0.239. The largest absolute Gasteiger partial charge is 0.508 e. The van der Waals surface area contributed by atoms with Crippen LogP contribution in [0.25, 0.3) is 11.1 Å². The van der Waals surface area contributed by atoms with Crippen molar-refractivity contribution in [3.8, 4) is 28.4 Å². The van der Waals surface area contributed by atoms with Gasteiger partial charge >= 0.3 is 0 Å². The predicted octanol–water partition coefficient (Wildman–Crippen LogP) is 2.57. The standard InChI is InChI=1S/C15H16O4/c1-18-10-6-7-12(15(8-10)19-2)11-4-3-5-14(17)13(11)9-16/h3-8,16-17H,9H2,1-2H3. The van der Waals surface area contributed by atoms with Crippen molar-refractivity contribution in [3.63, 3.8) is 0 Å². The van der Waals surface area contributed by atoms with Crippen LogP contribution >= 0.6 is 0 Å². The number of phenols is 1. The van der Waals surface area contributed by atoms with Crippen LogP contribution in [0.1, 0.15) is 5.56 Å². The Balaban J connectivity index is 2.61. The summed E-state index contributed by atoms with van der Waals surface area (Å²) < 4.78 is 10.5.